The van der Waals surface area contributed by atoms with Crippen LogP contribution < -0.4 is 0 Å². The Bertz CT molecular complexity index is 127. The van der Waals surface area contributed by atoms with Crippen molar-refractivity contribution in [2.75, 3.05) is 20.3 Å². The van der Waals surface area contributed by atoms with Gasteiger partial charge in [-0.25, -0.2) is 0 Å². The van der Waals surface area contributed by atoms with Crippen molar-refractivity contribution < 1.29 is 14.9 Å². The molecule has 0 saturated heterocycles. The first-order valence-electron chi connectivity index (χ1n) is 4.56. The molecule has 3 heteroatoms. The smallest absolute Gasteiger partial charge is 0.0624 e. The predicted octanol–water partition coefficient (Wildman–Crippen LogP) is 0.402. The number of aliphatic hydroxyl groups is 2. The van der Waals surface area contributed by atoms with Gasteiger partial charge in [-0.3, -0.25) is 0 Å². The molecule has 0 aromatic rings. The Morgan fingerprint density at radius 1 is 1.25 bits per heavy atom. The van der Waals surface area contributed by atoms with Gasteiger partial charge in [-0.1, -0.05) is 0 Å². The van der Waals surface area contributed by atoms with Crippen molar-refractivity contribution in [2.24, 2.45) is 11.8 Å². The highest BCUT2D eigenvalue weighted by Crippen LogP contribution is 2.30. The zero-order valence-corrected chi connectivity index (χ0v) is 7.57. The molecule has 3 unspecified atom stereocenters. The van der Waals surface area contributed by atoms with Crippen LogP contribution >= 0.6 is 0 Å². The molecular formula is C9H18O3. The first kappa shape index (κ1) is 9.96. The molecule has 0 radical (unpaired) electrons. The Labute approximate surface area is 73.4 Å². The van der Waals surface area contributed by atoms with Crippen LogP contribution in [-0.2, 0) is 4.74 Å². The van der Waals surface area contributed by atoms with Gasteiger partial charge in [0.1, 0.15) is 0 Å². The van der Waals surface area contributed by atoms with Gasteiger partial charge in [0.25, 0.3) is 0 Å². The van der Waals surface area contributed by atoms with Crippen LogP contribution in [0, 0.1) is 11.8 Å². The summed E-state index contributed by atoms with van der Waals surface area (Å²) in [7, 11) is 1.67. The molecular weight excluding hydrogens is 156 g/mol. The summed E-state index contributed by atoms with van der Waals surface area (Å²) in [4.78, 5) is 0. The largest absolute Gasteiger partial charge is 0.396 e. The Balaban J connectivity index is 2.41. The van der Waals surface area contributed by atoms with E-state index < -0.39 is 0 Å². The standard InChI is InChI=1S/C9H18O3/c1-12-9-4-7(5-10)2-3-8(9)6-11/h7-11H,2-6H2,1H3. The first-order chi connectivity index (χ1) is 5.81. The second-order valence-corrected chi connectivity index (χ2v) is 3.58. The molecule has 0 heterocycles. The molecule has 3 nitrogen and oxygen atoms in total. The molecule has 0 aliphatic heterocycles. The van der Waals surface area contributed by atoms with Crippen LogP contribution in [0.3, 0.4) is 0 Å². The van der Waals surface area contributed by atoms with Crippen molar-refractivity contribution in [1.29, 1.82) is 0 Å². The molecule has 1 aliphatic rings. The molecule has 0 aromatic heterocycles. The lowest BCUT2D eigenvalue weighted by atomic mass is 9.80. The molecule has 1 rings (SSSR count). The van der Waals surface area contributed by atoms with Gasteiger partial charge >= 0.3 is 0 Å². The average Bonchev–Trinajstić information content (AvgIpc) is 2.16. The summed E-state index contributed by atoms with van der Waals surface area (Å²) in [5.41, 5.74) is 0. The van der Waals surface area contributed by atoms with Gasteiger partial charge < -0.3 is 14.9 Å². The van der Waals surface area contributed by atoms with Gasteiger partial charge in [-0.05, 0) is 25.2 Å². The molecule has 1 saturated carbocycles. The molecule has 2 N–H and O–H groups in total. The highest BCUT2D eigenvalue weighted by Gasteiger charge is 2.29. The third-order valence-corrected chi connectivity index (χ3v) is 2.83. The van der Waals surface area contributed by atoms with E-state index in [1.54, 1.807) is 7.11 Å². The van der Waals surface area contributed by atoms with Gasteiger partial charge in [-0.15, -0.1) is 0 Å². The Morgan fingerprint density at radius 2 is 2.00 bits per heavy atom. The van der Waals surface area contributed by atoms with Crippen LogP contribution in [0.2, 0.25) is 0 Å². The Kier molecular flexibility index (Phi) is 3.98. The Morgan fingerprint density at radius 3 is 2.50 bits per heavy atom. The second kappa shape index (κ2) is 4.80. The maximum atomic E-state index is 9.01. The molecule has 72 valence electrons. The van der Waals surface area contributed by atoms with Crippen LogP contribution in [0.5, 0.6) is 0 Å². The number of aliphatic hydroxyl groups excluding tert-OH is 2. The zero-order valence-electron chi connectivity index (χ0n) is 7.57. The van der Waals surface area contributed by atoms with E-state index in [-0.39, 0.29) is 25.2 Å². The fourth-order valence-corrected chi connectivity index (χ4v) is 1.94. The number of ether oxygens (including phenoxy) is 1. The highest BCUT2D eigenvalue weighted by atomic mass is 16.5. The van der Waals surface area contributed by atoms with E-state index in [9.17, 15) is 0 Å². The minimum absolute atomic E-state index is 0.140. The summed E-state index contributed by atoms with van der Waals surface area (Å²) in [6, 6.07) is 0. The predicted molar refractivity (Wildman–Crippen MR) is 45.8 cm³/mol. The van der Waals surface area contributed by atoms with E-state index in [1.165, 1.54) is 0 Å². The van der Waals surface area contributed by atoms with Gasteiger partial charge in [0.05, 0.1) is 6.10 Å². The number of rotatable bonds is 3. The molecule has 0 aromatic carbocycles. The number of hydrogen-bond acceptors (Lipinski definition) is 3. The summed E-state index contributed by atoms with van der Waals surface area (Å²) < 4.78 is 5.26. The van der Waals surface area contributed by atoms with Crippen molar-refractivity contribution in [2.45, 2.75) is 25.4 Å². The molecule has 3 atom stereocenters. The van der Waals surface area contributed by atoms with Crippen LogP contribution in [-0.4, -0.2) is 36.6 Å². The molecule has 0 spiro atoms. The van der Waals surface area contributed by atoms with Crippen molar-refractivity contribution >= 4 is 0 Å². The fraction of sp³-hybridized carbons (Fsp3) is 1.00. The van der Waals surface area contributed by atoms with E-state index in [4.69, 9.17) is 14.9 Å². The van der Waals surface area contributed by atoms with Crippen molar-refractivity contribution in [3.8, 4) is 0 Å². The van der Waals surface area contributed by atoms with E-state index in [1.807, 2.05) is 0 Å². The minimum atomic E-state index is 0.140. The van der Waals surface area contributed by atoms with Crippen LogP contribution in [0.15, 0.2) is 0 Å². The van der Waals surface area contributed by atoms with Crippen LogP contribution in [0.1, 0.15) is 19.3 Å². The summed E-state index contributed by atoms with van der Waals surface area (Å²) in [6.07, 6.45) is 3.01. The normalized spacial score (nSPS) is 36.8. The van der Waals surface area contributed by atoms with Gasteiger partial charge in [-0.2, -0.15) is 0 Å². The monoisotopic (exact) mass is 174 g/mol. The lowest BCUT2D eigenvalue weighted by Gasteiger charge is -2.33. The van der Waals surface area contributed by atoms with E-state index >= 15 is 0 Å². The first-order valence-corrected chi connectivity index (χ1v) is 4.56. The van der Waals surface area contributed by atoms with E-state index in [0.29, 0.717) is 5.92 Å². The Hall–Kier alpha value is -0.120. The quantitative estimate of drug-likeness (QED) is 0.651. The van der Waals surface area contributed by atoms with E-state index in [0.717, 1.165) is 19.3 Å². The zero-order chi connectivity index (χ0) is 8.97. The fourth-order valence-electron chi connectivity index (χ4n) is 1.94. The number of methoxy groups -OCH3 is 1. The second-order valence-electron chi connectivity index (χ2n) is 3.58. The van der Waals surface area contributed by atoms with E-state index in [2.05, 4.69) is 0 Å². The van der Waals surface area contributed by atoms with Crippen molar-refractivity contribution in [3.05, 3.63) is 0 Å². The third kappa shape index (κ3) is 2.19. The molecule has 12 heavy (non-hydrogen) atoms. The van der Waals surface area contributed by atoms with Crippen LogP contribution in [0.4, 0.5) is 0 Å². The van der Waals surface area contributed by atoms with Gasteiger partial charge in [0.15, 0.2) is 0 Å². The summed E-state index contributed by atoms with van der Waals surface area (Å²) in [5.74, 6) is 0.649. The maximum Gasteiger partial charge on any atom is 0.0624 e. The van der Waals surface area contributed by atoms with Gasteiger partial charge in [0.2, 0.25) is 0 Å². The summed E-state index contributed by atoms with van der Waals surface area (Å²) in [5, 5.41) is 18.0. The van der Waals surface area contributed by atoms with Crippen LogP contribution in [0.25, 0.3) is 0 Å². The SMILES string of the molecule is COC1CC(CO)CCC1CO. The summed E-state index contributed by atoms with van der Waals surface area (Å²) in [6.45, 7) is 0.453. The molecule has 0 amide bonds. The minimum Gasteiger partial charge on any atom is -0.396 e. The molecule has 0 bridgehead atoms. The maximum absolute atomic E-state index is 9.01. The third-order valence-electron chi connectivity index (χ3n) is 2.83. The van der Waals surface area contributed by atoms with Crippen molar-refractivity contribution in [1.82, 2.24) is 0 Å². The lowest BCUT2D eigenvalue weighted by Crippen LogP contribution is -2.34. The number of hydrogen-bond donors (Lipinski definition) is 2. The lowest BCUT2D eigenvalue weighted by molar-refractivity contribution is -0.0249. The highest BCUT2D eigenvalue weighted by molar-refractivity contribution is 4.79. The summed E-state index contributed by atoms with van der Waals surface area (Å²) >= 11 is 0. The average molecular weight is 174 g/mol. The molecule has 1 fully saturated rings. The van der Waals surface area contributed by atoms with Gasteiger partial charge in [0, 0.05) is 26.2 Å². The molecule has 1 aliphatic carbocycles. The topological polar surface area (TPSA) is 49.7 Å². The van der Waals surface area contributed by atoms with Crippen molar-refractivity contribution in [3.63, 3.8) is 0 Å².